The second-order valence-corrected chi connectivity index (χ2v) is 3.87. The minimum absolute atomic E-state index is 0.0695. The van der Waals surface area contributed by atoms with Crippen LogP contribution in [0.3, 0.4) is 0 Å². The lowest BCUT2D eigenvalue weighted by molar-refractivity contribution is 0.353. The van der Waals surface area contributed by atoms with Crippen LogP contribution in [0.1, 0.15) is 18.5 Å². The maximum atomic E-state index is 5.80. The van der Waals surface area contributed by atoms with E-state index in [9.17, 15) is 0 Å². The highest BCUT2D eigenvalue weighted by molar-refractivity contribution is 6.36. The van der Waals surface area contributed by atoms with Gasteiger partial charge in [-0.15, -0.1) is 0 Å². The van der Waals surface area contributed by atoms with E-state index in [2.05, 4.69) is 0 Å². The minimum atomic E-state index is -0.0695. The van der Waals surface area contributed by atoms with E-state index in [4.69, 9.17) is 33.7 Å². The molecule has 0 aromatic heterocycles. The van der Waals surface area contributed by atoms with E-state index >= 15 is 0 Å². The first-order valence-electron chi connectivity index (χ1n) is 4.57. The highest BCUT2D eigenvalue weighted by Crippen LogP contribution is 2.23. The van der Waals surface area contributed by atoms with Crippen molar-refractivity contribution >= 4 is 23.2 Å². The summed E-state index contributed by atoms with van der Waals surface area (Å²) in [5.74, 6) is 0.740. The van der Waals surface area contributed by atoms with Gasteiger partial charge in [-0.25, -0.2) is 0 Å². The maximum Gasteiger partial charge on any atom is 0.125 e. The molecule has 0 spiro atoms. The third kappa shape index (κ3) is 3.74. The molecule has 82 valence electrons. The maximum absolute atomic E-state index is 5.80. The van der Waals surface area contributed by atoms with Crippen LogP contribution in [0.15, 0.2) is 34.8 Å². The van der Waals surface area contributed by atoms with E-state index in [1.165, 1.54) is 5.54 Å². The summed E-state index contributed by atoms with van der Waals surface area (Å²) in [6.07, 6.45) is 0. The molecule has 2 nitrogen and oxygen atoms in total. The van der Waals surface area contributed by atoms with Gasteiger partial charge in [-0.2, -0.15) is 0 Å². The van der Waals surface area contributed by atoms with E-state index in [-0.39, 0.29) is 12.6 Å². The number of benzene rings is 1. The molecule has 2 N–H and O–H groups in total. The Balaban J connectivity index is 2.76. The number of hydrogen-bond acceptors (Lipinski definition) is 2. The molecule has 0 aliphatic heterocycles. The van der Waals surface area contributed by atoms with E-state index < -0.39 is 0 Å². The summed E-state index contributed by atoms with van der Waals surface area (Å²) >= 11 is 11.1. The number of hydrogen-bond donors (Lipinski definition) is 1. The zero-order valence-corrected chi connectivity index (χ0v) is 9.92. The number of ether oxygens (including phenoxy) is 1. The van der Waals surface area contributed by atoms with Crippen molar-refractivity contribution in [1.82, 2.24) is 0 Å². The quantitative estimate of drug-likeness (QED) is 0.883. The van der Waals surface area contributed by atoms with Crippen LogP contribution in [0.25, 0.3) is 0 Å². The van der Waals surface area contributed by atoms with Gasteiger partial charge < -0.3 is 10.5 Å². The number of halogens is 2. The predicted molar refractivity (Wildman–Crippen MR) is 64.3 cm³/mol. The molecule has 0 unspecified atom stereocenters. The average molecular weight is 246 g/mol. The van der Waals surface area contributed by atoms with Crippen LogP contribution in [-0.4, -0.2) is 6.61 Å². The van der Waals surface area contributed by atoms with Crippen molar-refractivity contribution in [3.63, 3.8) is 0 Å². The van der Waals surface area contributed by atoms with Gasteiger partial charge in [-0.1, -0.05) is 41.4 Å². The minimum Gasteiger partial charge on any atom is -0.488 e. The van der Waals surface area contributed by atoms with Crippen molar-refractivity contribution in [2.45, 2.75) is 13.0 Å². The molecule has 1 aromatic carbocycles. The van der Waals surface area contributed by atoms with Gasteiger partial charge in [0.25, 0.3) is 0 Å². The Labute approximate surface area is 99.6 Å². The molecule has 1 aromatic rings. The van der Waals surface area contributed by atoms with Gasteiger partial charge in [0.15, 0.2) is 0 Å². The Bertz CT molecular complexity index is 350. The lowest BCUT2D eigenvalue weighted by Gasteiger charge is -2.13. The van der Waals surface area contributed by atoms with E-state index in [1.807, 2.05) is 31.2 Å². The van der Waals surface area contributed by atoms with Crippen LogP contribution in [0.5, 0.6) is 5.75 Å². The number of nitrogens with two attached hydrogens (primary N) is 1. The molecule has 0 aliphatic carbocycles. The van der Waals surface area contributed by atoms with Gasteiger partial charge in [0.2, 0.25) is 0 Å². The summed E-state index contributed by atoms with van der Waals surface area (Å²) in [4.78, 5) is 0. The van der Waals surface area contributed by atoms with Crippen molar-refractivity contribution in [2.75, 3.05) is 6.61 Å². The molecule has 0 heterocycles. The Hall–Kier alpha value is -0.700. The highest BCUT2D eigenvalue weighted by Gasteiger charge is 2.07. The molecular formula is C11H13Cl2NO. The third-order valence-corrected chi connectivity index (χ3v) is 2.49. The molecule has 1 atom stereocenters. The monoisotopic (exact) mass is 245 g/mol. The summed E-state index contributed by atoms with van der Waals surface area (Å²) in [7, 11) is 0. The van der Waals surface area contributed by atoms with E-state index in [1.54, 1.807) is 0 Å². The van der Waals surface area contributed by atoms with Crippen molar-refractivity contribution in [2.24, 2.45) is 5.73 Å². The fourth-order valence-corrected chi connectivity index (χ4v) is 1.28. The van der Waals surface area contributed by atoms with Crippen molar-refractivity contribution in [3.05, 3.63) is 40.4 Å². The van der Waals surface area contributed by atoms with Crippen LogP contribution < -0.4 is 10.5 Å². The lowest BCUT2D eigenvalue weighted by Crippen LogP contribution is -2.08. The summed E-state index contributed by atoms with van der Waals surface area (Å²) in [6.45, 7) is 2.16. The molecule has 0 bridgehead atoms. The molecule has 0 saturated heterocycles. The molecule has 1 rings (SSSR count). The molecule has 15 heavy (non-hydrogen) atoms. The average Bonchev–Trinajstić information content (AvgIpc) is 2.26. The molecular weight excluding hydrogens is 233 g/mol. The third-order valence-electron chi connectivity index (χ3n) is 1.89. The molecule has 0 saturated carbocycles. The summed E-state index contributed by atoms with van der Waals surface area (Å²) in [6, 6.07) is 7.53. The highest BCUT2D eigenvalue weighted by atomic mass is 35.5. The van der Waals surface area contributed by atoms with Gasteiger partial charge in [0, 0.05) is 17.1 Å². The van der Waals surface area contributed by atoms with Gasteiger partial charge in [-0.05, 0) is 13.0 Å². The van der Waals surface area contributed by atoms with Crippen LogP contribution in [0, 0.1) is 0 Å². The topological polar surface area (TPSA) is 35.2 Å². The zero-order chi connectivity index (χ0) is 11.3. The summed E-state index contributed by atoms with van der Waals surface area (Å²) < 4.78 is 5.49. The fourth-order valence-electron chi connectivity index (χ4n) is 1.17. The molecule has 0 fully saturated rings. The van der Waals surface area contributed by atoms with E-state index in [0.29, 0.717) is 5.03 Å². The lowest BCUT2D eigenvalue weighted by atomic mass is 10.1. The summed E-state index contributed by atoms with van der Waals surface area (Å²) in [5, 5.41) is 0.455. The first-order valence-corrected chi connectivity index (χ1v) is 5.38. The Kier molecular flexibility index (Phi) is 4.95. The first kappa shape index (κ1) is 12.4. The van der Waals surface area contributed by atoms with Gasteiger partial charge >= 0.3 is 0 Å². The van der Waals surface area contributed by atoms with Crippen LogP contribution >= 0.6 is 23.2 Å². The second kappa shape index (κ2) is 6.01. The van der Waals surface area contributed by atoms with Crippen molar-refractivity contribution in [3.8, 4) is 5.75 Å². The second-order valence-electron chi connectivity index (χ2n) is 3.17. The SMILES string of the molecule is C[C@H](N)c1ccccc1OCC(Cl)=CCl. The van der Waals surface area contributed by atoms with E-state index in [0.717, 1.165) is 11.3 Å². The smallest absolute Gasteiger partial charge is 0.125 e. The Morgan fingerprint density at radius 1 is 1.53 bits per heavy atom. The number of para-hydroxylation sites is 1. The standard InChI is InChI=1S/C11H13Cl2NO/c1-8(14)10-4-2-3-5-11(10)15-7-9(13)6-12/h2-6,8H,7,14H2,1H3/t8-/m0/s1. The molecule has 0 radical (unpaired) electrons. The fraction of sp³-hybridized carbons (Fsp3) is 0.273. The van der Waals surface area contributed by atoms with Gasteiger partial charge in [0.05, 0.1) is 5.03 Å². The zero-order valence-electron chi connectivity index (χ0n) is 8.41. The van der Waals surface area contributed by atoms with Crippen LogP contribution in [0.4, 0.5) is 0 Å². The summed E-state index contributed by atoms with van der Waals surface area (Å²) in [5.41, 5.74) is 8.04. The molecule has 4 heteroatoms. The Morgan fingerprint density at radius 2 is 2.20 bits per heavy atom. The van der Waals surface area contributed by atoms with Crippen molar-refractivity contribution < 1.29 is 4.74 Å². The van der Waals surface area contributed by atoms with Crippen LogP contribution in [-0.2, 0) is 0 Å². The van der Waals surface area contributed by atoms with Crippen molar-refractivity contribution in [1.29, 1.82) is 0 Å². The predicted octanol–water partition coefficient (Wildman–Crippen LogP) is 3.40. The van der Waals surface area contributed by atoms with Gasteiger partial charge in [0.1, 0.15) is 12.4 Å². The largest absolute Gasteiger partial charge is 0.488 e. The molecule has 0 amide bonds. The Morgan fingerprint density at radius 3 is 2.80 bits per heavy atom. The molecule has 0 aliphatic rings. The first-order chi connectivity index (χ1) is 7.15. The normalized spacial score (nSPS) is 13.7. The number of rotatable bonds is 4. The van der Waals surface area contributed by atoms with Crippen LogP contribution in [0.2, 0.25) is 0 Å². The van der Waals surface area contributed by atoms with Gasteiger partial charge in [-0.3, -0.25) is 0 Å².